The predicted molar refractivity (Wildman–Crippen MR) is 115 cm³/mol. The van der Waals surface area contributed by atoms with Crippen molar-refractivity contribution >= 4 is 16.9 Å². The molecule has 0 fully saturated rings. The Hall–Kier alpha value is -4.34. The van der Waals surface area contributed by atoms with Crippen molar-refractivity contribution in [2.24, 2.45) is 0 Å². The molecule has 0 bridgehead atoms. The molecule has 1 aromatic carbocycles. The first kappa shape index (κ1) is 19.6. The van der Waals surface area contributed by atoms with Crippen LogP contribution in [0.3, 0.4) is 0 Å². The maximum absolute atomic E-state index is 14.2. The van der Waals surface area contributed by atoms with Crippen molar-refractivity contribution in [3.8, 4) is 28.4 Å². The zero-order valence-corrected chi connectivity index (χ0v) is 17.2. The molecule has 9 nitrogen and oxygen atoms in total. The SMILES string of the molecule is COc1ncc(-c2cn([C@@H](C)c3cc(-c4ccccc4F)no3)c3ncnc(N)c23)cn1. The number of halogens is 1. The summed E-state index contributed by atoms with van der Waals surface area (Å²) in [7, 11) is 1.50. The van der Waals surface area contributed by atoms with E-state index in [2.05, 4.69) is 25.1 Å². The molecule has 5 rings (SSSR count). The highest BCUT2D eigenvalue weighted by atomic mass is 19.1. The van der Waals surface area contributed by atoms with Gasteiger partial charge in [0, 0.05) is 41.3 Å². The Morgan fingerprint density at radius 2 is 1.88 bits per heavy atom. The molecule has 10 heteroatoms. The first-order valence-electron chi connectivity index (χ1n) is 9.75. The molecule has 5 aromatic rings. The fraction of sp³-hybridized carbons (Fsp3) is 0.136. The van der Waals surface area contributed by atoms with E-state index in [0.717, 1.165) is 11.1 Å². The smallest absolute Gasteiger partial charge is 0.316 e. The Bertz CT molecular complexity index is 1410. The first-order chi connectivity index (χ1) is 15.6. The van der Waals surface area contributed by atoms with Gasteiger partial charge in [0.25, 0.3) is 0 Å². The average molecular weight is 431 g/mol. The number of fused-ring (bicyclic) bond motifs is 1. The molecule has 0 aliphatic heterocycles. The maximum atomic E-state index is 14.2. The van der Waals surface area contributed by atoms with Crippen molar-refractivity contribution in [3.05, 3.63) is 66.8 Å². The minimum atomic E-state index is -0.367. The van der Waals surface area contributed by atoms with E-state index in [1.807, 2.05) is 17.7 Å². The van der Waals surface area contributed by atoms with E-state index in [-0.39, 0.29) is 17.9 Å². The van der Waals surface area contributed by atoms with Crippen LogP contribution in [0.5, 0.6) is 6.01 Å². The van der Waals surface area contributed by atoms with E-state index in [4.69, 9.17) is 15.0 Å². The van der Waals surface area contributed by atoms with Gasteiger partial charge in [-0.3, -0.25) is 0 Å². The second kappa shape index (κ2) is 7.73. The normalized spacial score (nSPS) is 12.2. The molecular weight excluding hydrogens is 413 g/mol. The summed E-state index contributed by atoms with van der Waals surface area (Å²) in [6.07, 6.45) is 6.58. The van der Waals surface area contributed by atoms with E-state index in [1.165, 1.54) is 19.5 Å². The fourth-order valence-corrected chi connectivity index (χ4v) is 3.60. The number of ether oxygens (including phenoxy) is 1. The summed E-state index contributed by atoms with van der Waals surface area (Å²) in [5.41, 5.74) is 9.08. The Balaban J connectivity index is 1.60. The van der Waals surface area contributed by atoms with Crippen LogP contribution in [-0.2, 0) is 0 Å². The van der Waals surface area contributed by atoms with Gasteiger partial charge in [0.05, 0.1) is 18.5 Å². The van der Waals surface area contributed by atoms with Gasteiger partial charge in [-0.2, -0.15) is 0 Å². The van der Waals surface area contributed by atoms with Gasteiger partial charge in [0.15, 0.2) is 5.76 Å². The molecule has 0 unspecified atom stereocenters. The highest BCUT2D eigenvalue weighted by Crippen LogP contribution is 2.36. The van der Waals surface area contributed by atoms with Crippen molar-refractivity contribution in [2.45, 2.75) is 13.0 Å². The molecule has 0 radical (unpaired) electrons. The van der Waals surface area contributed by atoms with Crippen LogP contribution in [0, 0.1) is 5.82 Å². The van der Waals surface area contributed by atoms with Gasteiger partial charge in [0.1, 0.15) is 29.3 Å². The number of nitrogens with two attached hydrogens (primary N) is 1. The van der Waals surface area contributed by atoms with E-state index < -0.39 is 0 Å². The van der Waals surface area contributed by atoms with Gasteiger partial charge in [-0.05, 0) is 19.1 Å². The van der Waals surface area contributed by atoms with Gasteiger partial charge in [0.2, 0.25) is 0 Å². The van der Waals surface area contributed by atoms with Crippen molar-refractivity contribution in [1.29, 1.82) is 0 Å². The third kappa shape index (κ3) is 3.22. The van der Waals surface area contributed by atoms with Crippen LogP contribution in [0.25, 0.3) is 33.4 Å². The number of rotatable bonds is 5. The van der Waals surface area contributed by atoms with Crippen LogP contribution >= 0.6 is 0 Å². The van der Waals surface area contributed by atoms with Gasteiger partial charge in [-0.15, -0.1) is 0 Å². The van der Waals surface area contributed by atoms with Crippen LogP contribution in [-0.4, -0.2) is 36.8 Å². The zero-order valence-electron chi connectivity index (χ0n) is 17.2. The molecule has 4 aromatic heterocycles. The van der Waals surface area contributed by atoms with Crippen LogP contribution in [0.2, 0.25) is 0 Å². The lowest BCUT2D eigenvalue weighted by molar-refractivity contribution is 0.356. The average Bonchev–Trinajstić information content (AvgIpc) is 3.45. The number of benzene rings is 1. The number of hydrogen-bond acceptors (Lipinski definition) is 8. The van der Waals surface area contributed by atoms with Crippen LogP contribution in [0.1, 0.15) is 18.7 Å². The highest BCUT2D eigenvalue weighted by molar-refractivity contribution is 6.00. The highest BCUT2D eigenvalue weighted by Gasteiger charge is 2.22. The lowest BCUT2D eigenvalue weighted by atomic mass is 10.1. The summed E-state index contributed by atoms with van der Waals surface area (Å²) in [4.78, 5) is 16.9. The molecule has 0 aliphatic carbocycles. The molecule has 0 saturated heterocycles. The van der Waals surface area contributed by atoms with E-state index in [1.54, 1.807) is 36.7 Å². The number of nitrogen functional groups attached to an aromatic ring is 1. The van der Waals surface area contributed by atoms with Gasteiger partial charge in [-0.25, -0.2) is 24.3 Å². The number of methoxy groups -OCH3 is 1. The summed E-state index contributed by atoms with van der Waals surface area (Å²) in [5, 5.41) is 4.72. The molecule has 160 valence electrons. The minimum absolute atomic E-state index is 0.261. The summed E-state index contributed by atoms with van der Waals surface area (Å²) in [6.45, 7) is 1.93. The lowest BCUT2D eigenvalue weighted by Gasteiger charge is -2.11. The summed E-state index contributed by atoms with van der Waals surface area (Å²) in [5.74, 6) is 0.500. The van der Waals surface area contributed by atoms with Crippen LogP contribution in [0.4, 0.5) is 10.2 Å². The van der Waals surface area contributed by atoms with E-state index in [9.17, 15) is 4.39 Å². The molecule has 0 aliphatic rings. The van der Waals surface area contributed by atoms with E-state index >= 15 is 0 Å². The molecule has 4 heterocycles. The number of nitrogens with zero attached hydrogens (tertiary/aromatic N) is 6. The monoisotopic (exact) mass is 431 g/mol. The Morgan fingerprint density at radius 1 is 1.09 bits per heavy atom. The number of anilines is 1. The van der Waals surface area contributed by atoms with Crippen LogP contribution in [0.15, 0.2) is 59.8 Å². The van der Waals surface area contributed by atoms with Crippen molar-refractivity contribution in [3.63, 3.8) is 0 Å². The van der Waals surface area contributed by atoms with Crippen LogP contribution < -0.4 is 10.5 Å². The molecule has 0 amide bonds. The molecular formula is C22H18FN7O2. The summed E-state index contributed by atoms with van der Waals surface area (Å²) >= 11 is 0. The largest absolute Gasteiger partial charge is 0.467 e. The Labute approximate surface area is 181 Å². The second-order valence-corrected chi connectivity index (χ2v) is 7.14. The Kier molecular flexibility index (Phi) is 4.74. The fourth-order valence-electron chi connectivity index (χ4n) is 3.60. The predicted octanol–water partition coefficient (Wildman–Crippen LogP) is 3.88. The minimum Gasteiger partial charge on any atom is -0.467 e. The topological polar surface area (TPSA) is 118 Å². The Morgan fingerprint density at radius 3 is 2.62 bits per heavy atom. The van der Waals surface area contributed by atoms with Crippen molar-refractivity contribution in [2.75, 3.05) is 12.8 Å². The third-order valence-corrected chi connectivity index (χ3v) is 5.27. The summed E-state index contributed by atoms with van der Waals surface area (Å²) in [6, 6.07) is 8.08. The quantitative estimate of drug-likeness (QED) is 0.445. The first-order valence-corrected chi connectivity index (χ1v) is 9.75. The molecule has 0 spiro atoms. The molecule has 32 heavy (non-hydrogen) atoms. The van der Waals surface area contributed by atoms with Gasteiger partial charge >= 0.3 is 6.01 Å². The van der Waals surface area contributed by atoms with Gasteiger partial charge in [-0.1, -0.05) is 17.3 Å². The number of hydrogen-bond donors (Lipinski definition) is 1. The van der Waals surface area contributed by atoms with E-state index in [0.29, 0.717) is 33.9 Å². The zero-order chi connectivity index (χ0) is 22.2. The third-order valence-electron chi connectivity index (χ3n) is 5.27. The lowest BCUT2D eigenvalue weighted by Crippen LogP contribution is -2.05. The van der Waals surface area contributed by atoms with Crippen molar-refractivity contribution in [1.82, 2.24) is 29.7 Å². The molecule has 2 N–H and O–H groups in total. The van der Waals surface area contributed by atoms with Crippen molar-refractivity contribution < 1.29 is 13.7 Å². The maximum Gasteiger partial charge on any atom is 0.316 e. The second-order valence-electron chi connectivity index (χ2n) is 7.14. The number of aromatic nitrogens is 6. The van der Waals surface area contributed by atoms with Gasteiger partial charge < -0.3 is 19.6 Å². The standard InChI is InChI=1S/C22H18FN7O2/c1-12(18-7-17(29-32-18)14-5-3-4-6-16(14)23)30-10-15(13-8-25-22(31-2)26-9-13)19-20(24)27-11-28-21(19)30/h3-12H,1-2H3,(H2,24,27,28)/t12-/m0/s1. The molecule has 1 atom stereocenters. The summed E-state index contributed by atoms with van der Waals surface area (Å²) < 4.78 is 26.7. The molecule has 0 saturated carbocycles.